The number of carbonyl (C=O) groups is 2. The van der Waals surface area contributed by atoms with Gasteiger partial charge < -0.3 is 4.90 Å². The monoisotopic (exact) mass is 281 g/mol. The summed E-state index contributed by atoms with van der Waals surface area (Å²) in [5.74, 6) is -0.0243. The molecule has 1 aromatic rings. The standard InChI is InChI=1S/C18H19NO2/c1-19-12-6-5-10-18(17(19)21)11-9-15(16(18)20)13-14-7-3-2-4-8-14/h2-8,13H,9-12H2,1H3/b15-13+. The average molecular weight is 281 g/mol. The lowest BCUT2D eigenvalue weighted by atomic mass is 9.80. The zero-order valence-electron chi connectivity index (χ0n) is 12.2. The summed E-state index contributed by atoms with van der Waals surface area (Å²) in [5.41, 5.74) is 0.934. The summed E-state index contributed by atoms with van der Waals surface area (Å²) in [6.45, 7) is 0.589. The second kappa shape index (κ2) is 5.32. The molecule has 3 rings (SSSR count). The molecule has 1 unspecified atom stereocenters. The normalized spacial score (nSPS) is 27.7. The van der Waals surface area contributed by atoms with Gasteiger partial charge in [-0.1, -0.05) is 42.5 Å². The van der Waals surface area contributed by atoms with Crippen molar-refractivity contribution < 1.29 is 9.59 Å². The molecular weight excluding hydrogens is 262 g/mol. The molecule has 1 saturated carbocycles. The molecule has 3 nitrogen and oxygen atoms in total. The Morgan fingerprint density at radius 3 is 2.67 bits per heavy atom. The summed E-state index contributed by atoms with van der Waals surface area (Å²) >= 11 is 0. The first-order valence-electron chi connectivity index (χ1n) is 7.34. The van der Waals surface area contributed by atoms with Crippen molar-refractivity contribution >= 4 is 17.8 Å². The highest BCUT2D eigenvalue weighted by molar-refractivity contribution is 6.17. The van der Waals surface area contributed by atoms with Crippen LogP contribution >= 0.6 is 0 Å². The van der Waals surface area contributed by atoms with Crippen LogP contribution in [0.25, 0.3) is 6.08 Å². The van der Waals surface area contributed by atoms with Gasteiger partial charge in [-0.2, -0.15) is 0 Å². The first-order valence-corrected chi connectivity index (χ1v) is 7.34. The minimum Gasteiger partial charge on any atom is -0.341 e. The van der Waals surface area contributed by atoms with Crippen LogP contribution in [0.1, 0.15) is 24.8 Å². The van der Waals surface area contributed by atoms with Crippen LogP contribution in [0.3, 0.4) is 0 Å². The topological polar surface area (TPSA) is 37.4 Å². The summed E-state index contributed by atoms with van der Waals surface area (Å²) in [7, 11) is 1.77. The van der Waals surface area contributed by atoms with Gasteiger partial charge in [0.2, 0.25) is 5.91 Å². The summed E-state index contributed by atoms with van der Waals surface area (Å²) in [5, 5.41) is 0. The predicted octanol–water partition coefficient (Wildman–Crippen LogP) is 2.84. The van der Waals surface area contributed by atoms with E-state index in [-0.39, 0.29) is 11.7 Å². The lowest BCUT2D eigenvalue weighted by molar-refractivity contribution is -0.145. The third kappa shape index (κ3) is 2.33. The third-order valence-electron chi connectivity index (χ3n) is 4.46. The van der Waals surface area contributed by atoms with E-state index in [4.69, 9.17) is 0 Å². The number of amides is 1. The lowest BCUT2D eigenvalue weighted by Crippen LogP contribution is -2.43. The molecule has 0 bridgehead atoms. The molecule has 0 radical (unpaired) electrons. The molecule has 0 N–H and O–H groups in total. The maximum atomic E-state index is 12.8. The highest BCUT2D eigenvalue weighted by atomic mass is 16.2. The molecule has 21 heavy (non-hydrogen) atoms. The molecule has 0 saturated heterocycles. The van der Waals surface area contributed by atoms with E-state index in [0.717, 1.165) is 11.1 Å². The number of nitrogens with zero attached hydrogens (tertiary/aromatic N) is 1. The maximum Gasteiger partial charge on any atom is 0.236 e. The van der Waals surface area contributed by atoms with Gasteiger partial charge in [0, 0.05) is 13.6 Å². The zero-order chi connectivity index (χ0) is 14.9. The summed E-state index contributed by atoms with van der Waals surface area (Å²) < 4.78 is 0. The Bertz CT molecular complexity index is 630. The van der Waals surface area contributed by atoms with E-state index < -0.39 is 5.41 Å². The molecule has 1 atom stereocenters. The van der Waals surface area contributed by atoms with Gasteiger partial charge in [0.25, 0.3) is 0 Å². The van der Waals surface area contributed by atoms with Gasteiger partial charge in [-0.3, -0.25) is 9.59 Å². The van der Waals surface area contributed by atoms with Crippen LogP contribution in [0.2, 0.25) is 0 Å². The van der Waals surface area contributed by atoms with Crippen LogP contribution in [-0.2, 0) is 9.59 Å². The second-order valence-corrected chi connectivity index (χ2v) is 5.85. The Hall–Kier alpha value is -2.16. The van der Waals surface area contributed by atoms with Gasteiger partial charge in [-0.15, -0.1) is 0 Å². The molecular formula is C18H19NO2. The van der Waals surface area contributed by atoms with Gasteiger partial charge in [0.15, 0.2) is 5.78 Å². The number of Topliss-reactive ketones (excluding diaryl/α,β-unsaturated/α-hetero) is 1. The fourth-order valence-corrected chi connectivity index (χ4v) is 3.22. The van der Waals surface area contributed by atoms with Crippen molar-refractivity contribution in [2.75, 3.05) is 13.6 Å². The van der Waals surface area contributed by atoms with Gasteiger partial charge in [0.1, 0.15) is 5.41 Å². The van der Waals surface area contributed by atoms with Crippen molar-refractivity contribution in [1.29, 1.82) is 0 Å². The summed E-state index contributed by atoms with van der Waals surface area (Å²) in [6, 6.07) is 9.82. The van der Waals surface area contributed by atoms with Gasteiger partial charge >= 0.3 is 0 Å². The molecule has 0 aromatic heterocycles. The van der Waals surface area contributed by atoms with Crippen LogP contribution < -0.4 is 0 Å². The number of hydrogen-bond donors (Lipinski definition) is 0. The molecule has 108 valence electrons. The minimum absolute atomic E-state index is 0.00903. The van der Waals surface area contributed by atoms with Crippen molar-refractivity contribution in [3.63, 3.8) is 0 Å². The molecule has 2 aliphatic rings. The van der Waals surface area contributed by atoms with E-state index in [0.29, 0.717) is 25.8 Å². The average Bonchev–Trinajstić information content (AvgIpc) is 2.73. The number of ketones is 1. The predicted molar refractivity (Wildman–Crippen MR) is 82.5 cm³/mol. The zero-order valence-corrected chi connectivity index (χ0v) is 12.2. The largest absolute Gasteiger partial charge is 0.341 e. The fraction of sp³-hybridized carbons (Fsp3) is 0.333. The lowest BCUT2D eigenvalue weighted by Gasteiger charge is -2.27. The molecule has 1 aliphatic carbocycles. The first-order chi connectivity index (χ1) is 10.1. The number of likely N-dealkylation sites (N-methyl/N-ethyl adjacent to an activating group) is 1. The Balaban J connectivity index is 1.94. The quantitative estimate of drug-likeness (QED) is 0.451. The molecule has 1 aliphatic heterocycles. The number of allylic oxidation sites excluding steroid dienone is 2. The van der Waals surface area contributed by atoms with Crippen molar-refractivity contribution in [1.82, 2.24) is 4.90 Å². The molecule has 1 fully saturated rings. The summed E-state index contributed by atoms with van der Waals surface area (Å²) in [4.78, 5) is 27.1. The molecule has 1 heterocycles. The van der Waals surface area contributed by atoms with Gasteiger partial charge in [-0.05, 0) is 36.5 Å². The smallest absolute Gasteiger partial charge is 0.236 e. The Morgan fingerprint density at radius 1 is 1.14 bits per heavy atom. The third-order valence-corrected chi connectivity index (χ3v) is 4.46. The van der Waals surface area contributed by atoms with Crippen LogP contribution in [0.15, 0.2) is 48.1 Å². The number of rotatable bonds is 1. The van der Waals surface area contributed by atoms with E-state index in [9.17, 15) is 9.59 Å². The van der Waals surface area contributed by atoms with Gasteiger partial charge in [-0.25, -0.2) is 0 Å². The van der Waals surface area contributed by atoms with E-state index in [2.05, 4.69) is 0 Å². The van der Waals surface area contributed by atoms with E-state index >= 15 is 0 Å². The first kappa shape index (κ1) is 13.8. The minimum atomic E-state index is -0.859. The van der Waals surface area contributed by atoms with Crippen LogP contribution in [0.5, 0.6) is 0 Å². The van der Waals surface area contributed by atoms with Crippen molar-refractivity contribution in [2.45, 2.75) is 19.3 Å². The van der Waals surface area contributed by atoms with Crippen molar-refractivity contribution in [2.24, 2.45) is 5.41 Å². The second-order valence-electron chi connectivity index (χ2n) is 5.85. The van der Waals surface area contributed by atoms with E-state index in [1.807, 2.05) is 48.6 Å². The fourth-order valence-electron chi connectivity index (χ4n) is 3.22. The number of hydrogen-bond acceptors (Lipinski definition) is 2. The van der Waals surface area contributed by atoms with E-state index in [1.54, 1.807) is 11.9 Å². The SMILES string of the molecule is CN1CC=CCC2(CC/C(=C\c3ccccc3)C2=O)C1=O. The van der Waals surface area contributed by atoms with Crippen LogP contribution in [-0.4, -0.2) is 30.2 Å². The highest BCUT2D eigenvalue weighted by Gasteiger charge is 2.51. The Labute approximate surface area is 125 Å². The van der Waals surface area contributed by atoms with Crippen LogP contribution in [0, 0.1) is 5.41 Å². The number of benzene rings is 1. The van der Waals surface area contributed by atoms with Gasteiger partial charge in [0.05, 0.1) is 0 Å². The summed E-state index contributed by atoms with van der Waals surface area (Å²) in [6.07, 6.45) is 7.71. The van der Waals surface area contributed by atoms with Crippen molar-refractivity contribution in [3.8, 4) is 0 Å². The van der Waals surface area contributed by atoms with E-state index in [1.165, 1.54) is 0 Å². The maximum absolute atomic E-state index is 12.8. The Morgan fingerprint density at radius 2 is 1.90 bits per heavy atom. The van der Waals surface area contributed by atoms with Crippen LogP contribution in [0.4, 0.5) is 0 Å². The Kier molecular flexibility index (Phi) is 3.50. The molecule has 1 amide bonds. The molecule has 1 spiro atoms. The molecule has 3 heteroatoms. The molecule has 1 aromatic carbocycles. The number of carbonyl (C=O) groups excluding carboxylic acids is 2. The van der Waals surface area contributed by atoms with Crippen molar-refractivity contribution in [3.05, 3.63) is 53.6 Å². The highest BCUT2D eigenvalue weighted by Crippen LogP contribution is 2.44.